The summed E-state index contributed by atoms with van der Waals surface area (Å²) in [7, 11) is 0. The first kappa shape index (κ1) is 25.7. The molecule has 172 valence electrons. The van der Waals surface area contributed by atoms with Crippen molar-refractivity contribution in [2.75, 3.05) is 0 Å². The van der Waals surface area contributed by atoms with Gasteiger partial charge in [-0.1, -0.05) is 127 Å². The highest BCUT2D eigenvalue weighted by Crippen LogP contribution is 2.23. The van der Waals surface area contributed by atoms with Crippen molar-refractivity contribution in [3.05, 3.63) is 59.7 Å². The third-order valence-corrected chi connectivity index (χ3v) is 6.93. The Morgan fingerprint density at radius 2 is 1.35 bits per heavy atom. The molecule has 0 aliphatic carbocycles. The van der Waals surface area contributed by atoms with E-state index in [4.69, 9.17) is 0 Å². The van der Waals surface area contributed by atoms with Gasteiger partial charge in [0.1, 0.15) is 0 Å². The number of aryl methyl sites for hydroxylation is 1. The van der Waals surface area contributed by atoms with E-state index in [1.807, 2.05) is 0 Å². The fraction of sp³-hybridized carbons (Fsp3) is 0.613. The minimum absolute atomic E-state index is 0.864. The summed E-state index contributed by atoms with van der Waals surface area (Å²) < 4.78 is 0. The monoisotopic (exact) mass is 420 g/mol. The highest BCUT2D eigenvalue weighted by atomic mass is 14.1. The molecule has 0 aliphatic heterocycles. The molecule has 0 aliphatic rings. The average molecular weight is 421 g/mol. The molecule has 0 spiro atoms. The highest BCUT2D eigenvalue weighted by molar-refractivity contribution is 5.85. The Balaban J connectivity index is 1.58. The zero-order valence-electron chi connectivity index (χ0n) is 21.1. The van der Waals surface area contributed by atoms with Crippen molar-refractivity contribution in [1.29, 1.82) is 0 Å². The van der Waals surface area contributed by atoms with E-state index in [2.05, 4.69) is 83.2 Å². The summed E-state index contributed by atoms with van der Waals surface area (Å²) in [4.78, 5) is 0. The Hall–Kier alpha value is -1.56. The summed E-state index contributed by atoms with van der Waals surface area (Å²) in [6.07, 6.45) is 17.3. The summed E-state index contributed by atoms with van der Waals surface area (Å²) >= 11 is 0. The van der Waals surface area contributed by atoms with Gasteiger partial charge in [-0.15, -0.1) is 0 Å². The predicted octanol–water partition coefficient (Wildman–Crippen LogP) is 10.2. The van der Waals surface area contributed by atoms with Crippen LogP contribution in [0.2, 0.25) is 0 Å². The maximum absolute atomic E-state index is 2.48. The average Bonchev–Trinajstić information content (AvgIpc) is 2.73. The van der Waals surface area contributed by atoms with Crippen molar-refractivity contribution in [2.45, 2.75) is 105 Å². The van der Waals surface area contributed by atoms with Crippen LogP contribution >= 0.6 is 0 Å². The van der Waals surface area contributed by atoms with Gasteiger partial charge in [0.15, 0.2) is 0 Å². The zero-order valence-corrected chi connectivity index (χ0v) is 21.1. The summed E-state index contributed by atoms with van der Waals surface area (Å²) in [6, 6.07) is 15.5. The van der Waals surface area contributed by atoms with Gasteiger partial charge in [0.2, 0.25) is 0 Å². The van der Waals surface area contributed by atoms with Gasteiger partial charge in [0, 0.05) is 0 Å². The van der Waals surface area contributed by atoms with Gasteiger partial charge in [0.25, 0.3) is 0 Å². The van der Waals surface area contributed by atoms with Crippen LogP contribution in [0.5, 0.6) is 0 Å². The zero-order chi connectivity index (χ0) is 22.5. The first-order valence-corrected chi connectivity index (χ1v) is 13.1. The van der Waals surface area contributed by atoms with Crippen molar-refractivity contribution >= 4 is 10.8 Å². The van der Waals surface area contributed by atoms with Crippen molar-refractivity contribution in [1.82, 2.24) is 0 Å². The number of rotatable bonds is 15. The van der Waals surface area contributed by atoms with Crippen LogP contribution in [0, 0.1) is 17.8 Å². The van der Waals surface area contributed by atoms with Crippen LogP contribution in [0.4, 0.5) is 0 Å². The van der Waals surface area contributed by atoms with Gasteiger partial charge >= 0.3 is 0 Å². The number of benzene rings is 2. The van der Waals surface area contributed by atoms with Gasteiger partial charge < -0.3 is 0 Å². The number of allylic oxidation sites excluding steroid dienone is 2. The van der Waals surface area contributed by atoms with E-state index < -0.39 is 0 Å². The quantitative estimate of drug-likeness (QED) is 0.251. The smallest absolute Gasteiger partial charge is 0.0152 e. The Labute approximate surface area is 193 Å². The normalized spacial score (nSPS) is 14.3. The molecule has 0 heteroatoms. The van der Waals surface area contributed by atoms with Gasteiger partial charge in [0.05, 0.1) is 0 Å². The lowest BCUT2D eigenvalue weighted by Crippen LogP contribution is -2.00. The van der Waals surface area contributed by atoms with Crippen LogP contribution < -0.4 is 0 Å². The van der Waals surface area contributed by atoms with Crippen LogP contribution in [-0.2, 0) is 6.42 Å². The summed E-state index contributed by atoms with van der Waals surface area (Å²) in [6.45, 7) is 11.9. The third-order valence-electron chi connectivity index (χ3n) is 6.93. The molecule has 0 bridgehead atoms. The van der Waals surface area contributed by atoms with Crippen LogP contribution in [0.1, 0.15) is 104 Å². The lowest BCUT2D eigenvalue weighted by molar-refractivity contribution is 0.389. The number of hydrogen-bond donors (Lipinski definition) is 0. The summed E-state index contributed by atoms with van der Waals surface area (Å²) in [5.41, 5.74) is 3.06. The number of fused-ring (bicyclic) bond motifs is 1. The molecule has 2 rings (SSSR count). The maximum Gasteiger partial charge on any atom is -0.0152 e. The fourth-order valence-electron chi connectivity index (χ4n) is 4.79. The second-order valence-electron chi connectivity index (χ2n) is 10.6. The van der Waals surface area contributed by atoms with E-state index in [1.54, 1.807) is 5.57 Å². The molecule has 2 aromatic carbocycles. The Bertz CT molecular complexity index is 761. The molecule has 0 heterocycles. The third kappa shape index (κ3) is 10.5. The minimum atomic E-state index is 0.864. The largest absolute Gasteiger partial charge is 0.0853 e. The Morgan fingerprint density at radius 3 is 2.06 bits per heavy atom. The van der Waals surface area contributed by atoms with E-state index in [-0.39, 0.29) is 0 Å². The van der Waals surface area contributed by atoms with Gasteiger partial charge in [-0.3, -0.25) is 0 Å². The van der Waals surface area contributed by atoms with E-state index in [0.29, 0.717) is 0 Å². The fourth-order valence-corrected chi connectivity index (χ4v) is 4.79. The predicted molar refractivity (Wildman–Crippen MR) is 141 cm³/mol. The van der Waals surface area contributed by atoms with E-state index in [9.17, 15) is 0 Å². The van der Waals surface area contributed by atoms with Crippen LogP contribution in [-0.4, -0.2) is 0 Å². The molecule has 0 amide bonds. The van der Waals surface area contributed by atoms with Crippen LogP contribution in [0.3, 0.4) is 0 Å². The van der Waals surface area contributed by atoms with Crippen LogP contribution in [0.25, 0.3) is 10.8 Å². The van der Waals surface area contributed by atoms with Crippen LogP contribution in [0.15, 0.2) is 54.1 Å². The van der Waals surface area contributed by atoms with Crippen molar-refractivity contribution in [3.63, 3.8) is 0 Å². The van der Waals surface area contributed by atoms with E-state index >= 15 is 0 Å². The topological polar surface area (TPSA) is 0 Å². The molecule has 2 aromatic rings. The molecule has 0 unspecified atom stereocenters. The Morgan fingerprint density at radius 1 is 0.742 bits per heavy atom. The maximum atomic E-state index is 2.48. The number of hydrogen-bond acceptors (Lipinski definition) is 0. The van der Waals surface area contributed by atoms with E-state index in [0.717, 1.165) is 30.6 Å². The molecule has 0 radical (unpaired) electrons. The molecule has 0 fully saturated rings. The molecule has 31 heavy (non-hydrogen) atoms. The first-order chi connectivity index (χ1) is 15.0. The lowest BCUT2D eigenvalue weighted by atomic mass is 9.91. The SMILES string of the molecule is C/C(=C\CCc1cccc2ccccc12)CCC[C@H](C)CCC[C@H](C)CCCC(C)C. The molecular formula is C31H48. The van der Waals surface area contributed by atoms with Crippen molar-refractivity contribution in [3.8, 4) is 0 Å². The molecular weight excluding hydrogens is 372 g/mol. The minimum Gasteiger partial charge on any atom is -0.0853 e. The molecule has 0 saturated heterocycles. The van der Waals surface area contributed by atoms with E-state index in [1.165, 1.54) is 74.1 Å². The van der Waals surface area contributed by atoms with Crippen molar-refractivity contribution < 1.29 is 0 Å². The van der Waals surface area contributed by atoms with Gasteiger partial charge in [-0.2, -0.15) is 0 Å². The second-order valence-corrected chi connectivity index (χ2v) is 10.6. The Kier molecular flexibility index (Phi) is 12.0. The van der Waals surface area contributed by atoms with Gasteiger partial charge in [-0.05, 0) is 66.7 Å². The lowest BCUT2D eigenvalue weighted by Gasteiger charge is -2.15. The second kappa shape index (κ2) is 14.5. The summed E-state index contributed by atoms with van der Waals surface area (Å²) in [5.74, 6) is 2.66. The van der Waals surface area contributed by atoms with Crippen molar-refractivity contribution in [2.24, 2.45) is 17.8 Å². The highest BCUT2D eigenvalue weighted by Gasteiger charge is 2.07. The first-order valence-electron chi connectivity index (χ1n) is 13.1. The molecule has 0 saturated carbocycles. The molecule has 0 aromatic heterocycles. The molecule has 2 atom stereocenters. The molecule has 0 N–H and O–H groups in total. The standard InChI is InChI=1S/C31H48/c1-25(2)13-8-14-26(3)15-9-16-27(4)17-10-18-28(5)19-11-21-30-23-12-22-29-20-6-7-24-31(29)30/h6-7,12,19-20,22-27H,8-11,13-18,21H2,1-5H3/b28-19+/t26-,27-/m1/s1. The van der Waals surface area contributed by atoms with Gasteiger partial charge in [-0.25, -0.2) is 0 Å². The molecule has 0 nitrogen and oxygen atoms in total. The summed E-state index contributed by atoms with van der Waals surface area (Å²) in [5, 5.41) is 2.78.